The second-order valence-electron chi connectivity index (χ2n) is 5.03. The molecule has 0 atom stereocenters. The standard InChI is InChI=1S/C17H19ClN2O2/c1-4-11-8-13(19)7-10(2)16(11)20-17(21)12-5-6-15(22-3)14(18)9-12/h5-9H,4,19H2,1-3H3,(H,20,21). The molecule has 0 spiro atoms. The van der Waals surface area contributed by atoms with Crippen molar-refractivity contribution in [2.24, 2.45) is 0 Å². The fourth-order valence-corrected chi connectivity index (χ4v) is 2.60. The summed E-state index contributed by atoms with van der Waals surface area (Å²) >= 11 is 6.07. The largest absolute Gasteiger partial charge is 0.495 e. The lowest BCUT2D eigenvalue weighted by Gasteiger charge is -2.14. The second kappa shape index (κ2) is 6.71. The molecule has 0 fully saturated rings. The van der Waals surface area contributed by atoms with Crippen molar-refractivity contribution in [3.8, 4) is 5.75 Å². The maximum Gasteiger partial charge on any atom is 0.255 e. The summed E-state index contributed by atoms with van der Waals surface area (Å²) < 4.78 is 5.09. The zero-order valence-corrected chi connectivity index (χ0v) is 13.6. The smallest absolute Gasteiger partial charge is 0.255 e. The van der Waals surface area contributed by atoms with E-state index in [2.05, 4.69) is 5.32 Å². The molecule has 5 heteroatoms. The van der Waals surface area contributed by atoms with Crippen molar-refractivity contribution in [3.63, 3.8) is 0 Å². The Morgan fingerprint density at radius 3 is 2.64 bits per heavy atom. The van der Waals surface area contributed by atoms with Gasteiger partial charge < -0.3 is 15.8 Å². The van der Waals surface area contributed by atoms with E-state index in [1.165, 1.54) is 7.11 Å². The van der Waals surface area contributed by atoms with Gasteiger partial charge in [-0.2, -0.15) is 0 Å². The minimum absolute atomic E-state index is 0.216. The number of anilines is 2. The van der Waals surface area contributed by atoms with Gasteiger partial charge in [0.1, 0.15) is 5.75 Å². The van der Waals surface area contributed by atoms with Gasteiger partial charge in [-0.05, 0) is 54.8 Å². The van der Waals surface area contributed by atoms with Gasteiger partial charge in [0.15, 0.2) is 0 Å². The first-order chi connectivity index (χ1) is 10.5. The third-order valence-electron chi connectivity index (χ3n) is 3.47. The number of nitrogen functional groups attached to an aromatic ring is 1. The fourth-order valence-electron chi connectivity index (χ4n) is 2.34. The van der Waals surface area contributed by atoms with E-state index >= 15 is 0 Å². The Morgan fingerprint density at radius 1 is 1.32 bits per heavy atom. The number of hydrogen-bond donors (Lipinski definition) is 2. The van der Waals surface area contributed by atoms with Gasteiger partial charge in [0, 0.05) is 16.9 Å². The van der Waals surface area contributed by atoms with Gasteiger partial charge in [0.25, 0.3) is 5.91 Å². The van der Waals surface area contributed by atoms with Crippen LogP contribution in [0.1, 0.15) is 28.4 Å². The van der Waals surface area contributed by atoms with Crippen molar-refractivity contribution >= 4 is 28.9 Å². The highest BCUT2D eigenvalue weighted by Crippen LogP contribution is 2.28. The van der Waals surface area contributed by atoms with Crippen LogP contribution in [-0.2, 0) is 6.42 Å². The third-order valence-corrected chi connectivity index (χ3v) is 3.77. The highest BCUT2D eigenvalue weighted by molar-refractivity contribution is 6.32. The number of amides is 1. The predicted octanol–water partition coefficient (Wildman–Crippen LogP) is 4.05. The molecule has 116 valence electrons. The number of carbonyl (C=O) groups is 1. The molecule has 0 aliphatic heterocycles. The molecule has 0 aromatic heterocycles. The van der Waals surface area contributed by atoms with Crippen molar-refractivity contribution < 1.29 is 9.53 Å². The maximum absolute atomic E-state index is 12.4. The van der Waals surface area contributed by atoms with E-state index in [1.807, 2.05) is 26.0 Å². The van der Waals surface area contributed by atoms with Crippen molar-refractivity contribution in [1.29, 1.82) is 0 Å². The average molecular weight is 319 g/mol. The second-order valence-corrected chi connectivity index (χ2v) is 5.44. The van der Waals surface area contributed by atoms with E-state index < -0.39 is 0 Å². The van der Waals surface area contributed by atoms with Crippen molar-refractivity contribution in [1.82, 2.24) is 0 Å². The Kier molecular flexibility index (Phi) is 4.93. The maximum atomic E-state index is 12.4. The van der Waals surface area contributed by atoms with E-state index in [4.69, 9.17) is 22.1 Å². The lowest BCUT2D eigenvalue weighted by Crippen LogP contribution is -2.14. The molecule has 0 bridgehead atoms. The Balaban J connectivity index is 2.31. The van der Waals surface area contributed by atoms with E-state index in [0.717, 1.165) is 23.2 Å². The zero-order chi connectivity index (χ0) is 16.3. The molecule has 3 N–H and O–H groups in total. The number of methoxy groups -OCH3 is 1. The Hall–Kier alpha value is -2.20. The number of aryl methyl sites for hydroxylation is 2. The first kappa shape index (κ1) is 16.2. The van der Waals surface area contributed by atoms with E-state index in [0.29, 0.717) is 22.0 Å². The molecule has 0 aliphatic carbocycles. The highest BCUT2D eigenvalue weighted by Gasteiger charge is 2.13. The highest BCUT2D eigenvalue weighted by atomic mass is 35.5. The summed E-state index contributed by atoms with van der Waals surface area (Å²) in [4.78, 5) is 12.4. The molecule has 22 heavy (non-hydrogen) atoms. The molecule has 0 saturated heterocycles. The van der Waals surface area contributed by atoms with Gasteiger partial charge in [0.05, 0.1) is 12.1 Å². The van der Waals surface area contributed by atoms with Crippen LogP contribution in [0.25, 0.3) is 0 Å². The summed E-state index contributed by atoms with van der Waals surface area (Å²) in [5, 5.41) is 3.35. The van der Waals surface area contributed by atoms with Crippen LogP contribution in [0.5, 0.6) is 5.75 Å². The lowest BCUT2D eigenvalue weighted by molar-refractivity contribution is 0.102. The monoisotopic (exact) mass is 318 g/mol. The normalized spacial score (nSPS) is 10.4. The molecule has 2 rings (SSSR count). The van der Waals surface area contributed by atoms with Crippen LogP contribution in [0.15, 0.2) is 30.3 Å². The summed E-state index contributed by atoms with van der Waals surface area (Å²) in [5.74, 6) is 0.322. The van der Waals surface area contributed by atoms with Gasteiger partial charge >= 0.3 is 0 Å². The number of hydrogen-bond acceptors (Lipinski definition) is 3. The summed E-state index contributed by atoms with van der Waals surface area (Å²) in [5.41, 5.74) is 9.76. The Bertz CT molecular complexity index is 714. The van der Waals surface area contributed by atoms with E-state index in [9.17, 15) is 4.79 Å². The molecule has 4 nitrogen and oxygen atoms in total. The van der Waals surface area contributed by atoms with E-state index in [1.54, 1.807) is 18.2 Å². The van der Waals surface area contributed by atoms with Crippen LogP contribution in [0.2, 0.25) is 5.02 Å². The summed E-state index contributed by atoms with van der Waals surface area (Å²) in [6.45, 7) is 3.94. The quantitative estimate of drug-likeness (QED) is 0.836. The molecule has 2 aromatic carbocycles. The average Bonchev–Trinajstić information content (AvgIpc) is 2.49. The Labute approximate surface area is 135 Å². The number of rotatable bonds is 4. The molecule has 0 aliphatic rings. The van der Waals surface area contributed by atoms with E-state index in [-0.39, 0.29) is 5.91 Å². The van der Waals surface area contributed by atoms with Crippen LogP contribution in [0, 0.1) is 6.92 Å². The molecule has 0 saturated carbocycles. The lowest BCUT2D eigenvalue weighted by atomic mass is 10.0. The number of nitrogens with two attached hydrogens (primary N) is 1. The number of halogens is 1. The van der Waals surface area contributed by atoms with Gasteiger partial charge in [0.2, 0.25) is 0 Å². The fraction of sp³-hybridized carbons (Fsp3) is 0.235. The van der Waals surface area contributed by atoms with Gasteiger partial charge in [-0.15, -0.1) is 0 Å². The topological polar surface area (TPSA) is 64.3 Å². The molecule has 1 amide bonds. The van der Waals surface area contributed by atoms with Crippen LogP contribution in [0.3, 0.4) is 0 Å². The minimum atomic E-state index is -0.216. The van der Waals surface area contributed by atoms with Crippen molar-refractivity contribution in [2.45, 2.75) is 20.3 Å². The van der Waals surface area contributed by atoms with Crippen molar-refractivity contribution in [2.75, 3.05) is 18.2 Å². The predicted molar refractivity (Wildman–Crippen MR) is 90.9 cm³/mol. The van der Waals surface area contributed by atoms with Gasteiger partial charge in [-0.25, -0.2) is 0 Å². The van der Waals surface area contributed by atoms with Crippen LogP contribution < -0.4 is 15.8 Å². The SMILES string of the molecule is CCc1cc(N)cc(C)c1NC(=O)c1ccc(OC)c(Cl)c1. The number of nitrogens with one attached hydrogen (secondary N) is 1. The van der Waals surface area contributed by atoms with Crippen LogP contribution in [-0.4, -0.2) is 13.0 Å². The first-order valence-corrected chi connectivity index (χ1v) is 7.38. The van der Waals surface area contributed by atoms with Crippen LogP contribution in [0.4, 0.5) is 11.4 Å². The number of carbonyl (C=O) groups excluding carboxylic acids is 1. The zero-order valence-electron chi connectivity index (χ0n) is 12.9. The van der Waals surface area contributed by atoms with Crippen molar-refractivity contribution in [3.05, 3.63) is 52.0 Å². The van der Waals surface area contributed by atoms with Gasteiger partial charge in [-0.3, -0.25) is 4.79 Å². The number of ether oxygens (including phenoxy) is 1. The summed E-state index contributed by atoms with van der Waals surface area (Å²) in [6, 6.07) is 8.67. The first-order valence-electron chi connectivity index (χ1n) is 7.00. The van der Waals surface area contributed by atoms with Crippen LogP contribution >= 0.6 is 11.6 Å². The third kappa shape index (κ3) is 3.34. The van der Waals surface area contributed by atoms with Gasteiger partial charge in [-0.1, -0.05) is 18.5 Å². The molecular formula is C17H19ClN2O2. The summed E-state index contributed by atoms with van der Waals surface area (Å²) in [7, 11) is 1.53. The molecule has 0 heterocycles. The Morgan fingerprint density at radius 2 is 2.05 bits per heavy atom. The summed E-state index contributed by atoms with van der Waals surface area (Å²) in [6.07, 6.45) is 0.783. The molecule has 0 unspecified atom stereocenters. The molecular weight excluding hydrogens is 300 g/mol. The number of benzene rings is 2. The minimum Gasteiger partial charge on any atom is -0.495 e. The molecule has 0 radical (unpaired) electrons. The molecule has 2 aromatic rings.